The first-order chi connectivity index (χ1) is 36.8. The summed E-state index contributed by atoms with van der Waals surface area (Å²) in [5.74, 6) is -17.5. The molecular weight excluding hydrogens is 1070 g/mol. The molecule has 11 amide bonds. The average molecular weight is 1150 g/mol. The van der Waals surface area contributed by atoms with Crippen LogP contribution in [0.3, 0.4) is 0 Å². The number of thioether (sulfide) groups is 1. The zero-order valence-corrected chi connectivity index (χ0v) is 46.1. The number of carbonyl (C=O) groups is 14. The van der Waals surface area contributed by atoms with Crippen LogP contribution in [0.5, 0.6) is 0 Å². The normalized spacial score (nSPS) is 15.3. The van der Waals surface area contributed by atoms with Crippen molar-refractivity contribution in [1.29, 1.82) is 0 Å². The predicted octanol–water partition coefficient (Wildman–Crippen LogP) is -5.88. The number of carbonyl (C=O) groups excluding carboxylic acids is 11. The highest BCUT2D eigenvalue weighted by atomic mass is 32.2. The van der Waals surface area contributed by atoms with Crippen LogP contribution in [0.1, 0.15) is 106 Å². The maximum Gasteiger partial charge on any atom is 0.326 e. The predicted molar refractivity (Wildman–Crippen MR) is 280 cm³/mol. The second kappa shape index (κ2) is 36.8. The Labute approximate surface area is 460 Å². The molecule has 32 heteroatoms. The molecule has 0 aliphatic rings. The number of carboxylic acid groups (broad SMARTS) is 3. The van der Waals surface area contributed by atoms with Crippen molar-refractivity contribution in [2.45, 2.75) is 166 Å². The topological polar surface area (TPSA) is 526 Å². The molecule has 0 heterocycles. The summed E-state index contributed by atoms with van der Waals surface area (Å²) in [7, 11) is 0. The minimum atomic E-state index is -2.05. The molecule has 31 nitrogen and oxygen atoms in total. The Hall–Kier alpha value is -7.19. The molecule has 0 saturated carbocycles. The van der Waals surface area contributed by atoms with Crippen LogP contribution < -0.4 is 65.1 Å². The van der Waals surface area contributed by atoms with Gasteiger partial charge in [0.05, 0.1) is 32.1 Å². The summed E-state index contributed by atoms with van der Waals surface area (Å²) >= 11 is 1.20. The zero-order chi connectivity index (χ0) is 60.9. The minimum Gasteiger partial charge on any atom is -0.481 e. The van der Waals surface area contributed by atoms with Crippen molar-refractivity contribution in [3.05, 3.63) is 0 Å². The lowest BCUT2D eigenvalue weighted by molar-refractivity contribution is -0.143. The van der Waals surface area contributed by atoms with E-state index in [9.17, 15) is 92.7 Å². The number of hydrogen-bond donors (Lipinski definition) is 17. The highest BCUT2D eigenvalue weighted by Crippen LogP contribution is 2.13. The molecule has 0 rings (SSSR count). The second-order valence-electron chi connectivity index (χ2n) is 19.4. The van der Waals surface area contributed by atoms with Crippen LogP contribution in [0, 0.1) is 17.8 Å². The summed E-state index contributed by atoms with van der Waals surface area (Å²) in [6.45, 7) is 8.30. The Kier molecular flexibility index (Phi) is 33.5. The Balaban J connectivity index is 6.60. The van der Waals surface area contributed by atoms with Crippen molar-refractivity contribution in [2.24, 2.45) is 35.0 Å². The van der Waals surface area contributed by atoms with Gasteiger partial charge in [0.1, 0.15) is 54.4 Å². The van der Waals surface area contributed by atoms with Gasteiger partial charge in [-0.3, -0.25) is 62.3 Å². The standard InChI is InChI=1S/C47H80N12O19S/c1-8-23(6)37(59-43(73)28(16-22(4)5)54-38(68)24(48)15-21(2)3)46(76)58-32(20-61)45(75)57-31(19-60)44(74)52-26(10-12-36(66)67)40(70)55-29(17-33(49)62)42(72)51-25(9-11-35(64)65)39(69)53-27(13-14-79-7)41(71)56-30(47(77)78)18-34(50)63/h21-32,37,60-61H,8-20,48H2,1-7H3,(H2,49,62)(H2,50,63)(H,51,72)(H,52,74)(H,53,69)(H,54,68)(H,55,70)(H,56,71)(H,57,75)(H,58,76)(H,59,73)(H,64,65)(H,66,67)(H,77,78)/t23-,24-,25-,26-,27-,28-,29-,30-,31-,32-,37-/m0/s1. The van der Waals surface area contributed by atoms with Gasteiger partial charge in [0.15, 0.2) is 0 Å². The molecule has 0 saturated heterocycles. The second-order valence-corrected chi connectivity index (χ2v) is 20.4. The molecule has 0 aliphatic carbocycles. The van der Waals surface area contributed by atoms with Gasteiger partial charge >= 0.3 is 17.9 Å². The number of amides is 11. The van der Waals surface area contributed by atoms with Crippen LogP contribution in [0.4, 0.5) is 0 Å². The number of primary amides is 2. The fourth-order valence-corrected chi connectivity index (χ4v) is 7.70. The molecule has 11 atom stereocenters. The number of aliphatic hydroxyl groups is 2. The van der Waals surface area contributed by atoms with E-state index in [1.807, 2.05) is 13.8 Å². The molecule has 0 fully saturated rings. The number of hydrogen-bond acceptors (Lipinski definition) is 18. The third kappa shape index (κ3) is 28.3. The summed E-state index contributed by atoms with van der Waals surface area (Å²) in [5, 5.41) is 69.0. The van der Waals surface area contributed by atoms with E-state index in [0.29, 0.717) is 12.8 Å². The van der Waals surface area contributed by atoms with Crippen LogP contribution >= 0.6 is 11.8 Å². The van der Waals surface area contributed by atoms with E-state index >= 15 is 0 Å². The number of carboxylic acids is 3. The van der Waals surface area contributed by atoms with Gasteiger partial charge in [-0.15, -0.1) is 0 Å². The van der Waals surface area contributed by atoms with E-state index in [2.05, 4.69) is 47.9 Å². The van der Waals surface area contributed by atoms with Gasteiger partial charge in [0.25, 0.3) is 0 Å². The van der Waals surface area contributed by atoms with Gasteiger partial charge in [0.2, 0.25) is 65.0 Å². The van der Waals surface area contributed by atoms with Crippen molar-refractivity contribution in [3.63, 3.8) is 0 Å². The van der Waals surface area contributed by atoms with Crippen LogP contribution in [-0.2, 0) is 67.1 Å². The Bertz CT molecular complexity index is 2150. The van der Waals surface area contributed by atoms with Gasteiger partial charge < -0.3 is 90.6 Å². The molecular formula is C47H80N12O19S. The van der Waals surface area contributed by atoms with Crippen molar-refractivity contribution < 1.29 is 92.7 Å². The summed E-state index contributed by atoms with van der Waals surface area (Å²) in [4.78, 5) is 180. The third-order valence-electron chi connectivity index (χ3n) is 11.7. The average Bonchev–Trinajstić information content (AvgIpc) is 3.35. The summed E-state index contributed by atoms with van der Waals surface area (Å²) in [6.07, 6.45) is -2.69. The highest BCUT2D eigenvalue weighted by Gasteiger charge is 2.37. The quantitative estimate of drug-likeness (QED) is 0.0272. The molecule has 448 valence electrons. The molecule has 0 spiro atoms. The van der Waals surface area contributed by atoms with Gasteiger partial charge in [-0.1, -0.05) is 48.0 Å². The Morgan fingerprint density at radius 2 is 0.785 bits per heavy atom. The maximum absolute atomic E-state index is 13.8. The van der Waals surface area contributed by atoms with E-state index in [-0.39, 0.29) is 30.4 Å². The lowest BCUT2D eigenvalue weighted by Crippen LogP contribution is -2.62. The van der Waals surface area contributed by atoms with Crippen LogP contribution in [0.25, 0.3) is 0 Å². The largest absolute Gasteiger partial charge is 0.481 e. The fourth-order valence-electron chi connectivity index (χ4n) is 7.23. The summed E-state index contributed by atoms with van der Waals surface area (Å²) < 4.78 is 0. The maximum atomic E-state index is 13.8. The molecule has 0 radical (unpaired) electrons. The highest BCUT2D eigenvalue weighted by molar-refractivity contribution is 7.98. The molecule has 0 aromatic rings. The first-order valence-electron chi connectivity index (χ1n) is 25.2. The number of nitrogens with two attached hydrogens (primary N) is 3. The first-order valence-corrected chi connectivity index (χ1v) is 26.6. The van der Waals surface area contributed by atoms with Crippen LogP contribution in [-0.4, -0.2) is 194 Å². The lowest BCUT2D eigenvalue weighted by atomic mass is 9.96. The van der Waals surface area contributed by atoms with Crippen LogP contribution in [0.2, 0.25) is 0 Å². The molecule has 20 N–H and O–H groups in total. The molecule has 0 aromatic heterocycles. The minimum absolute atomic E-state index is 0.0657. The Morgan fingerprint density at radius 3 is 1.16 bits per heavy atom. The summed E-state index contributed by atoms with van der Waals surface area (Å²) in [6, 6.07) is -16.5. The molecule has 79 heavy (non-hydrogen) atoms. The molecule has 0 unspecified atom stereocenters. The first kappa shape index (κ1) is 71.8. The SMILES string of the molecule is CC[C@H](C)[C@H](NC(=O)[C@H](CC(C)C)NC(=O)[C@@H](N)CC(C)C)C(=O)N[C@@H](CO)C(=O)N[C@@H](CO)C(=O)N[C@@H](CCC(=O)O)C(=O)N[C@@H](CC(N)=O)C(=O)N[C@@H](CCC(=O)O)C(=O)N[C@@H](CCSC)C(=O)N[C@@H](CC(N)=O)C(=O)O. The van der Waals surface area contributed by atoms with Crippen molar-refractivity contribution in [1.82, 2.24) is 47.9 Å². The van der Waals surface area contributed by atoms with Gasteiger partial charge in [-0.05, 0) is 61.9 Å². The van der Waals surface area contributed by atoms with E-state index in [1.54, 1.807) is 34.0 Å². The van der Waals surface area contributed by atoms with E-state index in [4.69, 9.17) is 17.2 Å². The molecule has 0 bridgehead atoms. The van der Waals surface area contributed by atoms with Gasteiger partial charge in [0, 0.05) is 12.8 Å². The number of rotatable bonds is 40. The van der Waals surface area contributed by atoms with E-state index in [0.717, 1.165) is 0 Å². The summed E-state index contributed by atoms with van der Waals surface area (Å²) in [5.41, 5.74) is 16.5. The third-order valence-corrected chi connectivity index (χ3v) is 12.3. The van der Waals surface area contributed by atoms with Crippen molar-refractivity contribution in [2.75, 3.05) is 25.2 Å². The zero-order valence-electron chi connectivity index (χ0n) is 45.3. The monoisotopic (exact) mass is 1150 g/mol. The molecule has 0 aliphatic heterocycles. The lowest BCUT2D eigenvalue weighted by Gasteiger charge is -2.29. The number of aliphatic carboxylic acids is 3. The van der Waals surface area contributed by atoms with Crippen LogP contribution in [0.15, 0.2) is 0 Å². The Morgan fingerprint density at radius 1 is 0.443 bits per heavy atom. The van der Waals surface area contributed by atoms with Gasteiger partial charge in [-0.25, -0.2) is 4.79 Å². The smallest absolute Gasteiger partial charge is 0.326 e. The van der Waals surface area contributed by atoms with Crippen molar-refractivity contribution >= 4 is 94.6 Å². The molecule has 0 aromatic carbocycles. The fraction of sp³-hybridized carbons (Fsp3) is 0.702. The van der Waals surface area contributed by atoms with E-state index < -0.39 is 201 Å². The number of nitrogens with one attached hydrogen (secondary N) is 9. The number of aliphatic hydroxyl groups excluding tert-OH is 2. The van der Waals surface area contributed by atoms with Gasteiger partial charge in [-0.2, -0.15) is 11.8 Å². The van der Waals surface area contributed by atoms with Crippen molar-refractivity contribution in [3.8, 4) is 0 Å². The van der Waals surface area contributed by atoms with E-state index in [1.165, 1.54) is 11.8 Å².